The molecule has 6 nitrogen and oxygen atoms in total. The van der Waals surface area contributed by atoms with Crippen LogP contribution in [0.1, 0.15) is 32.1 Å². The average molecular weight is 286 g/mol. The standard InChI is InChI=1S/C15H18N4O2/c20-19(21)15-7-6-13(18-9-8-16-11-18)10-14(15)17-12-4-2-1-3-5-12/h6-12,17H,1-5H2. The zero-order valence-corrected chi connectivity index (χ0v) is 11.7. The number of hydrogen-bond acceptors (Lipinski definition) is 4. The molecule has 1 heterocycles. The minimum atomic E-state index is -0.331. The zero-order chi connectivity index (χ0) is 14.7. The lowest BCUT2D eigenvalue weighted by molar-refractivity contribution is -0.384. The van der Waals surface area contributed by atoms with Gasteiger partial charge in [0.25, 0.3) is 5.69 Å². The molecular weight excluding hydrogens is 268 g/mol. The predicted molar refractivity (Wildman–Crippen MR) is 80.7 cm³/mol. The summed E-state index contributed by atoms with van der Waals surface area (Å²) in [4.78, 5) is 14.9. The summed E-state index contributed by atoms with van der Waals surface area (Å²) < 4.78 is 1.84. The van der Waals surface area contributed by atoms with Gasteiger partial charge in [-0.15, -0.1) is 0 Å². The molecule has 0 atom stereocenters. The van der Waals surface area contributed by atoms with Gasteiger partial charge in [-0.2, -0.15) is 0 Å². The molecule has 0 amide bonds. The van der Waals surface area contributed by atoms with Crippen molar-refractivity contribution >= 4 is 11.4 Å². The number of benzene rings is 1. The van der Waals surface area contributed by atoms with E-state index in [1.165, 1.54) is 19.3 Å². The zero-order valence-electron chi connectivity index (χ0n) is 11.7. The molecule has 0 unspecified atom stereocenters. The highest BCUT2D eigenvalue weighted by atomic mass is 16.6. The first-order valence-corrected chi connectivity index (χ1v) is 7.27. The molecular formula is C15H18N4O2. The quantitative estimate of drug-likeness (QED) is 0.689. The normalized spacial score (nSPS) is 15.8. The highest BCUT2D eigenvalue weighted by molar-refractivity contribution is 5.66. The second-order valence-electron chi connectivity index (χ2n) is 5.41. The molecule has 0 saturated heterocycles. The number of nitro benzene ring substituents is 1. The van der Waals surface area contributed by atoms with Gasteiger partial charge in [-0.05, 0) is 25.0 Å². The molecule has 1 N–H and O–H groups in total. The number of hydrogen-bond donors (Lipinski definition) is 1. The molecule has 1 aliphatic rings. The van der Waals surface area contributed by atoms with E-state index in [-0.39, 0.29) is 10.6 Å². The molecule has 21 heavy (non-hydrogen) atoms. The van der Waals surface area contributed by atoms with Crippen LogP contribution in [0.15, 0.2) is 36.9 Å². The SMILES string of the molecule is O=[N+]([O-])c1ccc(-n2ccnc2)cc1NC1CCCCC1. The van der Waals surface area contributed by atoms with Crippen molar-refractivity contribution in [2.75, 3.05) is 5.32 Å². The lowest BCUT2D eigenvalue weighted by Crippen LogP contribution is -2.22. The second-order valence-corrected chi connectivity index (χ2v) is 5.41. The molecule has 6 heteroatoms. The summed E-state index contributed by atoms with van der Waals surface area (Å²) in [6.45, 7) is 0. The van der Waals surface area contributed by atoms with Gasteiger partial charge in [0.1, 0.15) is 5.69 Å². The first-order valence-electron chi connectivity index (χ1n) is 7.27. The third-order valence-electron chi connectivity index (χ3n) is 3.94. The smallest absolute Gasteiger partial charge is 0.292 e. The number of aromatic nitrogens is 2. The van der Waals surface area contributed by atoms with Crippen molar-refractivity contribution in [1.29, 1.82) is 0 Å². The summed E-state index contributed by atoms with van der Waals surface area (Å²) in [6.07, 6.45) is 11.0. The maximum Gasteiger partial charge on any atom is 0.292 e. The fourth-order valence-electron chi connectivity index (χ4n) is 2.84. The van der Waals surface area contributed by atoms with Crippen molar-refractivity contribution < 1.29 is 4.92 Å². The Morgan fingerprint density at radius 1 is 1.29 bits per heavy atom. The van der Waals surface area contributed by atoms with Crippen LogP contribution in [-0.4, -0.2) is 20.5 Å². The van der Waals surface area contributed by atoms with Crippen molar-refractivity contribution in [3.8, 4) is 5.69 Å². The molecule has 0 aliphatic heterocycles. The van der Waals surface area contributed by atoms with E-state index in [0.29, 0.717) is 11.7 Å². The summed E-state index contributed by atoms with van der Waals surface area (Å²) in [7, 11) is 0. The van der Waals surface area contributed by atoms with Gasteiger partial charge in [-0.1, -0.05) is 19.3 Å². The number of anilines is 1. The van der Waals surface area contributed by atoms with E-state index in [1.54, 1.807) is 24.7 Å². The lowest BCUT2D eigenvalue weighted by atomic mass is 9.95. The van der Waals surface area contributed by atoms with E-state index in [2.05, 4.69) is 10.3 Å². The van der Waals surface area contributed by atoms with Gasteiger partial charge in [0.05, 0.1) is 11.3 Å². The molecule has 1 saturated carbocycles. The molecule has 0 radical (unpaired) electrons. The van der Waals surface area contributed by atoms with Crippen LogP contribution in [0, 0.1) is 10.1 Å². The Bertz CT molecular complexity index is 619. The Kier molecular flexibility index (Phi) is 3.85. The molecule has 3 rings (SSSR count). The third kappa shape index (κ3) is 3.04. The van der Waals surface area contributed by atoms with Gasteiger partial charge in [0.15, 0.2) is 0 Å². The van der Waals surface area contributed by atoms with E-state index in [9.17, 15) is 10.1 Å². The maximum atomic E-state index is 11.2. The number of rotatable bonds is 4. The topological polar surface area (TPSA) is 73.0 Å². The average Bonchev–Trinajstić information content (AvgIpc) is 3.02. The van der Waals surface area contributed by atoms with Crippen LogP contribution in [-0.2, 0) is 0 Å². The van der Waals surface area contributed by atoms with Gasteiger partial charge in [-0.3, -0.25) is 10.1 Å². The van der Waals surface area contributed by atoms with Crippen LogP contribution < -0.4 is 5.32 Å². The summed E-state index contributed by atoms with van der Waals surface area (Å²) in [5.74, 6) is 0. The van der Waals surface area contributed by atoms with Crippen molar-refractivity contribution in [1.82, 2.24) is 9.55 Å². The summed E-state index contributed by atoms with van der Waals surface area (Å²) in [6, 6.07) is 5.45. The first-order chi connectivity index (χ1) is 10.2. The Labute approximate surface area is 123 Å². The molecule has 1 fully saturated rings. The molecule has 110 valence electrons. The minimum absolute atomic E-state index is 0.129. The summed E-state index contributed by atoms with van der Waals surface area (Å²) in [5, 5.41) is 14.6. The maximum absolute atomic E-state index is 11.2. The lowest BCUT2D eigenvalue weighted by Gasteiger charge is -2.24. The van der Waals surface area contributed by atoms with Gasteiger partial charge in [-0.25, -0.2) is 4.98 Å². The van der Waals surface area contributed by atoms with Crippen LogP contribution in [0.2, 0.25) is 0 Å². The van der Waals surface area contributed by atoms with E-state index < -0.39 is 0 Å². The molecule has 1 aromatic heterocycles. The van der Waals surface area contributed by atoms with Crippen molar-refractivity contribution in [3.63, 3.8) is 0 Å². The van der Waals surface area contributed by atoms with Gasteiger partial charge in [0, 0.05) is 30.2 Å². The highest BCUT2D eigenvalue weighted by Gasteiger charge is 2.19. The first kappa shape index (κ1) is 13.6. The molecule has 1 aliphatic carbocycles. The predicted octanol–water partition coefficient (Wildman–Crippen LogP) is 3.53. The number of nitrogens with zero attached hydrogens (tertiary/aromatic N) is 3. The number of nitro groups is 1. The second kappa shape index (κ2) is 5.95. The van der Waals surface area contributed by atoms with Crippen LogP contribution in [0.4, 0.5) is 11.4 Å². The third-order valence-corrected chi connectivity index (χ3v) is 3.94. The molecule has 0 bridgehead atoms. The monoisotopic (exact) mass is 286 g/mol. The van der Waals surface area contributed by atoms with Gasteiger partial charge >= 0.3 is 0 Å². The van der Waals surface area contributed by atoms with Crippen LogP contribution in [0.5, 0.6) is 0 Å². The fourth-order valence-corrected chi connectivity index (χ4v) is 2.84. The van der Waals surface area contributed by atoms with E-state index in [4.69, 9.17) is 0 Å². The molecule has 0 spiro atoms. The molecule has 1 aromatic carbocycles. The van der Waals surface area contributed by atoms with E-state index >= 15 is 0 Å². The number of imidazole rings is 1. The Morgan fingerprint density at radius 2 is 2.10 bits per heavy atom. The minimum Gasteiger partial charge on any atom is -0.377 e. The van der Waals surface area contributed by atoms with E-state index in [0.717, 1.165) is 18.5 Å². The largest absolute Gasteiger partial charge is 0.377 e. The van der Waals surface area contributed by atoms with E-state index in [1.807, 2.05) is 16.8 Å². The Balaban J connectivity index is 1.90. The van der Waals surface area contributed by atoms with Crippen LogP contribution in [0.3, 0.4) is 0 Å². The Hall–Kier alpha value is -2.37. The van der Waals surface area contributed by atoms with Crippen molar-refractivity contribution in [2.45, 2.75) is 38.1 Å². The van der Waals surface area contributed by atoms with Gasteiger partial charge < -0.3 is 9.88 Å². The van der Waals surface area contributed by atoms with Crippen LogP contribution in [0.25, 0.3) is 5.69 Å². The van der Waals surface area contributed by atoms with Crippen molar-refractivity contribution in [2.24, 2.45) is 0 Å². The highest BCUT2D eigenvalue weighted by Crippen LogP contribution is 2.30. The van der Waals surface area contributed by atoms with Crippen molar-refractivity contribution in [3.05, 3.63) is 47.0 Å². The van der Waals surface area contributed by atoms with Gasteiger partial charge in [0.2, 0.25) is 0 Å². The molecule has 2 aromatic rings. The summed E-state index contributed by atoms with van der Waals surface area (Å²) in [5.41, 5.74) is 1.60. The summed E-state index contributed by atoms with van der Waals surface area (Å²) >= 11 is 0. The Morgan fingerprint density at radius 3 is 2.76 bits per heavy atom. The van der Waals surface area contributed by atoms with Crippen LogP contribution >= 0.6 is 0 Å². The fraction of sp³-hybridized carbons (Fsp3) is 0.400. The number of nitrogens with one attached hydrogen (secondary N) is 1.